The molecular weight excluding hydrogens is 385 g/mol. The van der Waals surface area contributed by atoms with Crippen LogP contribution in [0.3, 0.4) is 0 Å². The molecule has 0 fully saturated rings. The lowest BCUT2D eigenvalue weighted by Gasteiger charge is -2.17. The van der Waals surface area contributed by atoms with Crippen molar-refractivity contribution >= 4 is 35.0 Å². The van der Waals surface area contributed by atoms with Gasteiger partial charge in [0.25, 0.3) is 0 Å². The summed E-state index contributed by atoms with van der Waals surface area (Å²) in [4.78, 5) is 7.87. The summed E-state index contributed by atoms with van der Waals surface area (Å²) < 4.78 is 27.2. The molecule has 130 valence electrons. The molecule has 2 aromatic carbocycles. The second kappa shape index (κ2) is 7.36. The van der Waals surface area contributed by atoms with Crippen LogP contribution in [0.5, 0.6) is 0 Å². The molecule has 0 spiro atoms. The lowest BCUT2D eigenvalue weighted by molar-refractivity contribution is 0.626. The summed E-state index contributed by atoms with van der Waals surface area (Å²) in [6.45, 7) is 1.93. The number of aromatic nitrogens is 2. The molecule has 1 heterocycles. The molecular formula is C18H14Cl2F2N2S. The number of nitrogens with zero attached hydrogens (tertiary/aromatic N) is 1. The Bertz CT molecular complexity index is 876. The van der Waals surface area contributed by atoms with Crippen molar-refractivity contribution in [1.29, 1.82) is 0 Å². The van der Waals surface area contributed by atoms with Crippen LogP contribution in [0.25, 0.3) is 0 Å². The fourth-order valence-electron chi connectivity index (χ4n) is 2.69. The molecule has 25 heavy (non-hydrogen) atoms. The first-order valence-corrected chi connectivity index (χ1v) is 9.39. The van der Waals surface area contributed by atoms with E-state index in [1.54, 1.807) is 24.3 Å². The maximum atomic E-state index is 13.6. The van der Waals surface area contributed by atoms with Crippen LogP contribution in [0, 0.1) is 18.6 Å². The second-order valence-corrected chi connectivity index (χ2v) is 7.15. The molecule has 2 nitrogen and oxygen atoms in total. The van der Waals surface area contributed by atoms with E-state index in [2.05, 4.69) is 9.97 Å². The van der Waals surface area contributed by atoms with Crippen molar-refractivity contribution < 1.29 is 8.78 Å². The first-order chi connectivity index (χ1) is 11.9. The van der Waals surface area contributed by atoms with E-state index in [1.165, 1.54) is 23.9 Å². The van der Waals surface area contributed by atoms with E-state index in [-0.39, 0.29) is 16.0 Å². The van der Waals surface area contributed by atoms with Gasteiger partial charge in [-0.05, 0) is 48.6 Å². The maximum absolute atomic E-state index is 13.6. The van der Waals surface area contributed by atoms with Gasteiger partial charge in [0.2, 0.25) is 0 Å². The lowest BCUT2D eigenvalue weighted by Crippen LogP contribution is -2.06. The van der Waals surface area contributed by atoms with Crippen LogP contribution < -0.4 is 0 Å². The average molecular weight is 399 g/mol. The van der Waals surface area contributed by atoms with Crippen LogP contribution in [0.4, 0.5) is 8.78 Å². The molecule has 0 aliphatic heterocycles. The minimum atomic E-state index is -0.498. The summed E-state index contributed by atoms with van der Waals surface area (Å²) in [6.07, 6.45) is 1.94. The Labute approximate surface area is 158 Å². The standard InChI is InChI=1S/C18H14Cl2F2N2S/c1-9-18(25-2)24-17(23-9)16(10-3-5-14(21)12(19)7-10)11-4-6-15(22)13(20)8-11/h3-8,16H,1-2H3,(H,23,24). The molecule has 1 N–H and O–H groups in total. The largest absolute Gasteiger partial charge is 0.344 e. The van der Waals surface area contributed by atoms with Crippen LogP contribution in [0.2, 0.25) is 10.0 Å². The van der Waals surface area contributed by atoms with Gasteiger partial charge in [0.15, 0.2) is 0 Å². The van der Waals surface area contributed by atoms with E-state index < -0.39 is 11.6 Å². The smallest absolute Gasteiger partial charge is 0.141 e. The molecule has 0 saturated heterocycles. The minimum absolute atomic E-state index is 0.0177. The number of hydrogen-bond acceptors (Lipinski definition) is 2. The molecule has 0 bridgehead atoms. The lowest BCUT2D eigenvalue weighted by atomic mass is 9.90. The average Bonchev–Trinajstić information content (AvgIpc) is 2.95. The van der Waals surface area contributed by atoms with Gasteiger partial charge in [0, 0.05) is 5.69 Å². The number of hydrogen-bond donors (Lipinski definition) is 1. The quantitative estimate of drug-likeness (QED) is 0.529. The van der Waals surface area contributed by atoms with Crippen LogP contribution in [0.1, 0.15) is 28.6 Å². The first-order valence-electron chi connectivity index (χ1n) is 7.41. The fraction of sp³-hybridized carbons (Fsp3) is 0.167. The van der Waals surface area contributed by atoms with E-state index in [0.717, 1.165) is 21.8 Å². The van der Waals surface area contributed by atoms with Crippen molar-refractivity contribution in [3.05, 3.63) is 80.7 Å². The number of rotatable bonds is 4. The predicted octanol–water partition coefficient (Wildman–Crippen LogP) is 6.21. The fourth-order valence-corrected chi connectivity index (χ4v) is 3.62. The van der Waals surface area contributed by atoms with Gasteiger partial charge in [-0.15, -0.1) is 11.8 Å². The molecule has 0 aliphatic carbocycles. The van der Waals surface area contributed by atoms with Gasteiger partial charge in [-0.2, -0.15) is 0 Å². The number of benzene rings is 2. The third-order valence-corrected chi connectivity index (χ3v) is 5.24. The molecule has 0 unspecified atom stereocenters. The SMILES string of the molecule is CSc1nc(C(c2ccc(F)c(Cl)c2)c2ccc(F)c(Cl)c2)[nH]c1C. The van der Waals surface area contributed by atoms with Crippen molar-refractivity contribution in [1.82, 2.24) is 9.97 Å². The first kappa shape index (κ1) is 18.2. The number of nitrogens with one attached hydrogen (secondary N) is 1. The summed E-state index contributed by atoms with van der Waals surface area (Å²) in [5, 5.41) is 0.898. The molecule has 3 aromatic rings. The van der Waals surface area contributed by atoms with Crippen LogP contribution in [-0.2, 0) is 0 Å². The van der Waals surface area contributed by atoms with Gasteiger partial charge >= 0.3 is 0 Å². The predicted molar refractivity (Wildman–Crippen MR) is 98.9 cm³/mol. The Kier molecular flexibility index (Phi) is 5.37. The van der Waals surface area contributed by atoms with Gasteiger partial charge in [0.1, 0.15) is 22.5 Å². The van der Waals surface area contributed by atoms with Crippen LogP contribution in [-0.4, -0.2) is 16.2 Å². The number of imidazole rings is 1. The molecule has 1 aromatic heterocycles. The van der Waals surface area contributed by atoms with E-state index in [4.69, 9.17) is 23.2 Å². The van der Waals surface area contributed by atoms with Crippen molar-refractivity contribution in [2.24, 2.45) is 0 Å². The Hall–Kier alpha value is -1.56. The summed E-state index contributed by atoms with van der Waals surface area (Å²) >= 11 is 13.4. The molecule has 0 aliphatic rings. The zero-order chi connectivity index (χ0) is 18.1. The maximum Gasteiger partial charge on any atom is 0.141 e. The number of aryl methyl sites for hydroxylation is 1. The number of halogens is 4. The highest BCUT2D eigenvalue weighted by Crippen LogP contribution is 2.35. The van der Waals surface area contributed by atoms with Gasteiger partial charge in [0.05, 0.1) is 16.0 Å². The van der Waals surface area contributed by atoms with Gasteiger partial charge in [-0.25, -0.2) is 13.8 Å². The monoisotopic (exact) mass is 398 g/mol. The summed E-state index contributed by atoms with van der Waals surface area (Å²) in [7, 11) is 0. The highest BCUT2D eigenvalue weighted by molar-refractivity contribution is 7.98. The highest BCUT2D eigenvalue weighted by Gasteiger charge is 2.23. The number of thioether (sulfide) groups is 1. The van der Waals surface area contributed by atoms with E-state index in [9.17, 15) is 8.78 Å². The Morgan fingerprint density at radius 3 is 1.92 bits per heavy atom. The molecule has 0 radical (unpaired) electrons. The van der Waals surface area contributed by atoms with E-state index in [1.807, 2.05) is 13.2 Å². The third-order valence-electron chi connectivity index (χ3n) is 3.88. The summed E-state index contributed by atoms with van der Waals surface area (Å²) in [5.74, 6) is -0.716. The second-order valence-electron chi connectivity index (χ2n) is 5.54. The van der Waals surface area contributed by atoms with Crippen molar-refractivity contribution in [2.75, 3.05) is 6.26 Å². The van der Waals surface area contributed by atoms with Crippen molar-refractivity contribution in [3.63, 3.8) is 0 Å². The molecule has 0 atom stereocenters. The molecule has 3 rings (SSSR count). The molecule has 0 amide bonds. The van der Waals surface area contributed by atoms with Crippen LogP contribution in [0.15, 0.2) is 41.4 Å². The van der Waals surface area contributed by atoms with Gasteiger partial charge in [-0.1, -0.05) is 35.3 Å². The van der Waals surface area contributed by atoms with Crippen LogP contribution >= 0.6 is 35.0 Å². The van der Waals surface area contributed by atoms with E-state index in [0.29, 0.717) is 5.82 Å². The Morgan fingerprint density at radius 1 is 1.00 bits per heavy atom. The third kappa shape index (κ3) is 3.68. The summed E-state index contributed by atoms with van der Waals surface area (Å²) in [5.41, 5.74) is 2.39. The van der Waals surface area contributed by atoms with Gasteiger partial charge in [-0.3, -0.25) is 0 Å². The minimum Gasteiger partial charge on any atom is -0.344 e. The normalized spacial score (nSPS) is 11.3. The van der Waals surface area contributed by atoms with Crippen molar-refractivity contribution in [2.45, 2.75) is 17.9 Å². The van der Waals surface area contributed by atoms with Gasteiger partial charge < -0.3 is 4.98 Å². The van der Waals surface area contributed by atoms with E-state index >= 15 is 0 Å². The highest BCUT2D eigenvalue weighted by atomic mass is 35.5. The Balaban J connectivity index is 2.19. The zero-order valence-corrected chi connectivity index (χ0v) is 15.7. The molecule has 0 saturated carbocycles. The van der Waals surface area contributed by atoms with Crippen molar-refractivity contribution in [3.8, 4) is 0 Å². The number of aromatic amines is 1. The zero-order valence-electron chi connectivity index (χ0n) is 13.4. The summed E-state index contributed by atoms with van der Waals surface area (Å²) in [6, 6.07) is 8.99. The number of H-pyrrole nitrogens is 1. The molecule has 7 heteroatoms. The topological polar surface area (TPSA) is 28.7 Å². The Morgan fingerprint density at radius 2 is 1.52 bits per heavy atom.